The zero-order chi connectivity index (χ0) is 17.9. The molecule has 2 saturated carbocycles. The van der Waals surface area contributed by atoms with Crippen molar-refractivity contribution in [3.05, 3.63) is 41.7 Å². The second-order valence-corrected chi connectivity index (χ2v) is 8.62. The number of allylic oxidation sites excluding steroid dienone is 1. The summed E-state index contributed by atoms with van der Waals surface area (Å²) in [7, 11) is 0. The van der Waals surface area contributed by atoms with Gasteiger partial charge >= 0.3 is 0 Å². The van der Waals surface area contributed by atoms with E-state index in [4.69, 9.17) is 9.47 Å². The Morgan fingerprint density at radius 3 is 2.77 bits per heavy atom. The summed E-state index contributed by atoms with van der Waals surface area (Å²) in [6.45, 7) is 10.3. The first-order chi connectivity index (χ1) is 12.6. The summed E-state index contributed by atoms with van der Waals surface area (Å²) < 4.78 is 26.5. The van der Waals surface area contributed by atoms with Crippen LogP contribution in [0, 0.1) is 29.0 Å². The van der Waals surface area contributed by atoms with Gasteiger partial charge in [0, 0.05) is 19.7 Å². The molecule has 0 N–H and O–H groups in total. The molecule has 2 bridgehead atoms. The topological polar surface area (TPSA) is 21.7 Å². The maximum atomic E-state index is 14.9. The molecule has 2 aliphatic carbocycles. The molecule has 26 heavy (non-hydrogen) atoms. The molecule has 0 unspecified atom stereocenters. The number of fused-ring (bicyclic) bond motifs is 1. The fourth-order valence-electron chi connectivity index (χ4n) is 6.25. The van der Waals surface area contributed by atoms with Crippen molar-refractivity contribution < 1.29 is 13.9 Å². The molecule has 1 spiro atoms. The predicted octanol–water partition coefficient (Wildman–Crippen LogP) is 4.34. The molecule has 0 amide bonds. The van der Waals surface area contributed by atoms with E-state index in [1.54, 1.807) is 6.07 Å². The highest BCUT2D eigenvalue weighted by atomic mass is 19.1. The van der Waals surface area contributed by atoms with E-state index in [1.165, 1.54) is 12.0 Å². The molecule has 4 heteroatoms. The van der Waals surface area contributed by atoms with Gasteiger partial charge in [0.1, 0.15) is 5.82 Å². The fourth-order valence-corrected chi connectivity index (χ4v) is 6.25. The SMILES string of the molecule is C=C1[C@@H]2C[C@@H]3[C@@H](c4ccc(N5CCOCC5)c(F)c4)OCC[C@@]3(C2)[C@@H]1C. The fraction of sp³-hybridized carbons (Fsp3) is 0.636. The number of anilines is 1. The molecule has 1 aromatic carbocycles. The number of ether oxygens (including phenoxy) is 2. The minimum absolute atomic E-state index is 0.0255. The monoisotopic (exact) mass is 357 g/mol. The maximum Gasteiger partial charge on any atom is 0.146 e. The van der Waals surface area contributed by atoms with Crippen molar-refractivity contribution in [3.8, 4) is 0 Å². The number of morpholine rings is 1. The molecule has 0 radical (unpaired) electrons. The van der Waals surface area contributed by atoms with E-state index in [0.717, 1.165) is 38.1 Å². The van der Waals surface area contributed by atoms with Gasteiger partial charge in [0.25, 0.3) is 0 Å². The van der Waals surface area contributed by atoms with Crippen LogP contribution in [0.15, 0.2) is 30.4 Å². The lowest BCUT2D eigenvalue weighted by molar-refractivity contribution is -0.106. The zero-order valence-corrected chi connectivity index (χ0v) is 15.5. The summed E-state index contributed by atoms with van der Waals surface area (Å²) in [5.41, 5.74) is 3.46. The van der Waals surface area contributed by atoms with Crippen LogP contribution in [0.4, 0.5) is 10.1 Å². The molecular formula is C22H28FNO2. The number of benzene rings is 1. The molecule has 2 saturated heterocycles. The Labute approximate surface area is 155 Å². The molecule has 2 heterocycles. The minimum atomic E-state index is -0.131. The highest BCUT2D eigenvalue weighted by Gasteiger charge is 2.61. The van der Waals surface area contributed by atoms with Gasteiger partial charge in [0.2, 0.25) is 0 Å². The van der Waals surface area contributed by atoms with Gasteiger partial charge in [-0.15, -0.1) is 0 Å². The van der Waals surface area contributed by atoms with Gasteiger partial charge in [-0.2, -0.15) is 0 Å². The minimum Gasteiger partial charge on any atom is -0.378 e. The van der Waals surface area contributed by atoms with Crippen molar-refractivity contribution in [1.82, 2.24) is 0 Å². The lowest BCUT2D eigenvalue weighted by Crippen LogP contribution is -2.42. The first-order valence-corrected chi connectivity index (χ1v) is 10.0. The summed E-state index contributed by atoms with van der Waals surface area (Å²) >= 11 is 0. The van der Waals surface area contributed by atoms with Crippen molar-refractivity contribution >= 4 is 5.69 Å². The summed E-state index contributed by atoms with van der Waals surface area (Å²) in [6, 6.07) is 5.75. The smallest absolute Gasteiger partial charge is 0.146 e. The van der Waals surface area contributed by atoms with Crippen LogP contribution < -0.4 is 4.90 Å². The number of rotatable bonds is 2. The average Bonchev–Trinajstić information content (AvgIpc) is 3.17. The number of hydrogen-bond donors (Lipinski definition) is 0. The second-order valence-electron chi connectivity index (χ2n) is 8.62. The maximum absolute atomic E-state index is 14.9. The van der Waals surface area contributed by atoms with Crippen LogP contribution in [0.25, 0.3) is 0 Å². The van der Waals surface area contributed by atoms with Gasteiger partial charge in [-0.05, 0) is 60.1 Å². The molecule has 5 rings (SSSR count). The molecule has 2 aliphatic heterocycles. The number of hydrogen-bond acceptors (Lipinski definition) is 3. The van der Waals surface area contributed by atoms with Crippen LogP contribution in [0.2, 0.25) is 0 Å². The molecule has 140 valence electrons. The van der Waals surface area contributed by atoms with Crippen molar-refractivity contribution in [2.24, 2.45) is 23.2 Å². The summed E-state index contributed by atoms with van der Waals surface area (Å²) in [5.74, 6) is 1.57. The Bertz CT molecular complexity index is 729. The van der Waals surface area contributed by atoms with Crippen molar-refractivity contribution in [2.75, 3.05) is 37.8 Å². The summed E-state index contributed by atoms with van der Waals surface area (Å²) in [4.78, 5) is 2.08. The third-order valence-electron chi connectivity index (χ3n) is 7.73. The van der Waals surface area contributed by atoms with Crippen LogP contribution in [-0.4, -0.2) is 32.9 Å². The van der Waals surface area contributed by atoms with Crippen molar-refractivity contribution in [1.29, 1.82) is 0 Å². The Hall–Kier alpha value is -1.39. The molecule has 4 fully saturated rings. The van der Waals surface area contributed by atoms with Gasteiger partial charge in [-0.3, -0.25) is 0 Å². The van der Waals surface area contributed by atoms with Gasteiger partial charge in [-0.1, -0.05) is 25.1 Å². The van der Waals surface area contributed by atoms with E-state index in [1.807, 2.05) is 6.07 Å². The van der Waals surface area contributed by atoms with Crippen LogP contribution in [0.1, 0.15) is 37.9 Å². The largest absolute Gasteiger partial charge is 0.378 e. The van der Waals surface area contributed by atoms with Gasteiger partial charge in [0.05, 0.1) is 25.0 Å². The van der Waals surface area contributed by atoms with Gasteiger partial charge < -0.3 is 14.4 Å². The molecule has 1 aromatic rings. The van der Waals surface area contributed by atoms with Gasteiger partial charge in [-0.25, -0.2) is 4.39 Å². The Morgan fingerprint density at radius 2 is 2.04 bits per heavy atom. The highest BCUT2D eigenvalue weighted by Crippen LogP contribution is 2.68. The Kier molecular flexibility index (Phi) is 3.91. The lowest BCUT2D eigenvalue weighted by Gasteiger charge is -2.48. The molecular weight excluding hydrogens is 329 g/mol. The Morgan fingerprint density at radius 1 is 1.23 bits per heavy atom. The average molecular weight is 357 g/mol. The summed E-state index contributed by atoms with van der Waals surface area (Å²) in [6.07, 6.45) is 3.56. The van der Waals surface area contributed by atoms with Gasteiger partial charge in [0.15, 0.2) is 0 Å². The van der Waals surface area contributed by atoms with Crippen LogP contribution in [0.5, 0.6) is 0 Å². The quantitative estimate of drug-likeness (QED) is 0.735. The highest BCUT2D eigenvalue weighted by molar-refractivity contribution is 5.50. The Balaban J connectivity index is 1.43. The van der Waals surface area contributed by atoms with Crippen LogP contribution in [-0.2, 0) is 9.47 Å². The van der Waals surface area contributed by atoms with Crippen molar-refractivity contribution in [3.63, 3.8) is 0 Å². The van der Waals surface area contributed by atoms with E-state index < -0.39 is 0 Å². The standard InChI is InChI=1S/C22H28FNO2/c1-14-15(2)22-5-8-26-21(18(22)11-17(14)13-22)16-3-4-20(19(23)12-16)24-6-9-25-10-7-24/h3-4,12,15,17-18,21H,1,5-11,13H2,2H3/t15-,17-,18-,21-,22-/m1/s1. The normalized spacial score (nSPS) is 39.3. The second kappa shape index (κ2) is 6.07. The first-order valence-electron chi connectivity index (χ1n) is 10.0. The van der Waals surface area contributed by atoms with E-state index in [-0.39, 0.29) is 11.9 Å². The van der Waals surface area contributed by atoms with Crippen LogP contribution >= 0.6 is 0 Å². The lowest BCUT2D eigenvalue weighted by atomic mass is 9.62. The van der Waals surface area contributed by atoms with E-state index in [9.17, 15) is 4.39 Å². The third kappa shape index (κ3) is 2.31. The van der Waals surface area contributed by atoms with E-state index in [2.05, 4.69) is 24.5 Å². The first kappa shape index (κ1) is 16.8. The third-order valence-corrected chi connectivity index (χ3v) is 7.73. The molecule has 5 atom stereocenters. The summed E-state index contributed by atoms with van der Waals surface area (Å²) in [5, 5.41) is 0. The number of nitrogens with zero attached hydrogens (tertiary/aromatic N) is 1. The molecule has 0 aromatic heterocycles. The van der Waals surface area contributed by atoms with E-state index in [0.29, 0.717) is 42.1 Å². The molecule has 4 aliphatic rings. The predicted molar refractivity (Wildman–Crippen MR) is 99.7 cm³/mol. The van der Waals surface area contributed by atoms with Crippen LogP contribution in [0.3, 0.4) is 0 Å². The number of halogens is 1. The van der Waals surface area contributed by atoms with Crippen molar-refractivity contribution in [2.45, 2.75) is 32.3 Å². The van der Waals surface area contributed by atoms with E-state index >= 15 is 0 Å². The zero-order valence-electron chi connectivity index (χ0n) is 15.5. The molecule has 3 nitrogen and oxygen atoms in total.